The average molecular weight is 580 g/mol. The predicted octanol–water partition coefficient (Wildman–Crippen LogP) is -1.25. The Kier molecular flexibility index (Phi) is 14.2. The molecule has 0 spiro atoms. The number of rotatable bonds is 2. The van der Waals surface area contributed by atoms with Crippen LogP contribution in [0.5, 0.6) is 0 Å². The Morgan fingerprint density at radius 3 is 1.00 bits per heavy atom. The fourth-order valence-electron chi connectivity index (χ4n) is 1.08. The van der Waals surface area contributed by atoms with Gasteiger partial charge in [-0.2, -0.15) is 16.8 Å². The molecule has 0 bridgehead atoms. The number of hydrogen-bond acceptors (Lipinski definition) is 7. The minimum atomic E-state index is -5.42. The monoisotopic (exact) mass is 580 g/mol. The predicted molar refractivity (Wildman–Crippen MR) is 86.4 cm³/mol. The first-order valence-corrected chi connectivity index (χ1v) is 12.3. The summed E-state index contributed by atoms with van der Waals surface area (Å²) < 4.78 is 106. The molecule has 2 N–H and O–H groups in total. The second-order valence-electron chi connectivity index (χ2n) is 3.90. The summed E-state index contributed by atoms with van der Waals surface area (Å²) >= 11 is 0.0287. The van der Waals surface area contributed by atoms with Gasteiger partial charge in [0.05, 0.1) is 0 Å². The van der Waals surface area contributed by atoms with Gasteiger partial charge in [-0.25, -0.2) is 8.42 Å². The standard InChI is InChI=1S/C12H10I.3FHO3S/c1-3-7-11(8-4-1)13-12-9-5-2-6-10-12;3*1-5(2,3)4/h1-10H;3*(H,2,3,4)/q+1;;;/p-1. The van der Waals surface area contributed by atoms with E-state index in [0.29, 0.717) is 0 Å². The molecule has 0 saturated heterocycles. The summed E-state index contributed by atoms with van der Waals surface area (Å²) in [4.78, 5) is 0. The van der Waals surface area contributed by atoms with E-state index in [4.69, 9.17) is 38.9 Å². The van der Waals surface area contributed by atoms with Crippen molar-refractivity contribution in [3.63, 3.8) is 0 Å². The van der Waals surface area contributed by atoms with Gasteiger partial charge in [0.2, 0.25) is 0 Å². The van der Waals surface area contributed by atoms with E-state index in [9.17, 15) is 11.7 Å². The molecule has 0 aliphatic heterocycles. The van der Waals surface area contributed by atoms with Gasteiger partial charge < -0.3 is 4.55 Å². The number of benzene rings is 2. The van der Waals surface area contributed by atoms with Crippen LogP contribution >= 0.6 is 0 Å². The van der Waals surface area contributed by atoms with Gasteiger partial charge in [0, 0.05) is 0 Å². The Labute approximate surface area is 170 Å². The van der Waals surface area contributed by atoms with Gasteiger partial charge in [0.1, 0.15) is 0 Å². The first kappa shape index (κ1) is 28.9. The first-order valence-electron chi connectivity index (χ1n) is 6.19. The van der Waals surface area contributed by atoms with Gasteiger partial charge in [-0.15, -0.1) is 3.89 Å². The van der Waals surface area contributed by atoms with Gasteiger partial charge in [0.15, 0.2) is 7.14 Å². The van der Waals surface area contributed by atoms with Crippen LogP contribution in [0.15, 0.2) is 60.7 Å². The van der Waals surface area contributed by atoms with E-state index in [-0.39, 0.29) is 21.2 Å². The second kappa shape index (κ2) is 13.8. The minimum Gasteiger partial charge on any atom is -0.722 e. The zero-order valence-corrected chi connectivity index (χ0v) is 17.9. The van der Waals surface area contributed by atoms with Crippen LogP contribution < -0.4 is 21.2 Å². The van der Waals surface area contributed by atoms with Crippen molar-refractivity contribution in [3.05, 3.63) is 67.8 Å². The van der Waals surface area contributed by atoms with Crippen LogP contribution in [0.2, 0.25) is 0 Å². The molecule has 16 heteroatoms. The molecule has 2 aromatic rings. The van der Waals surface area contributed by atoms with Gasteiger partial charge in [-0.1, -0.05) is 44.2 Å². The molecule has 0 unspecified atom stereocenters. The van der Waals surface area contributed by atoms with Crippen LogP contribution in [0.1, 0.15) is 0 Å². The maximum Gasteiger partial charge on any atom is 0.435 e. The molecular formula is C12H12F3IO9S3. The molecule has 0 radical (unpaired) electrons. The molecule has 9 nitrogen and oxygen atoms in total. The average Bonchev–Trinajstić information content (AvgIpc) is 2.44. The molecule has 0 fully saturated rings. The summed E-state index contributed by atoms with van der Waals surface area (Å²) in [6.07, 6.45) is 0. The first-order chi connectivity index (χ1) is 12.4. The molecule has 0 aromatic heterocycles. The van der Waals surface area contributed by atoms with E-state index < -0.39 is 31.5 Å². The maximum absolute atomic E-state index is 10.2. The lowest BCUT2D eigenvalue weighted by Gasteiger charge is -1.84. The fourth-order valence-corrected chi connectivity index (χ4v) is 3.35. The van der Waals surface area contributed by atoms with Crippen LogP contribution in [-0.2, 0) is 31.5 Å². The molecule has 0 amide bonds. The van der Waals surface area contributed by atoms with Gasteiger partial charge in [-0.3, -0.25) is 9.11 Å². The van der Waals surface area contributed by atoms with E-state index >= 15 is 0 Å². The summed E-state index contributed by atoms with van der Waals surface area (Å²) in [5.41, 5.74) is 0. The van der Waals surface area contributed by atoms with Gasteiger partial charge in [0.25, 0.3) is 10.5 Å². The fraction of sp³-hybridized carbons (Fsp3) is 0. The van der Waals surface area contributed by atoms with Crippen molar-refractivity contribution in [2.75, 3.05) is 0 Å². The van der Waals surface area contributed by atoms with Crippen molar-refractivity contribution in [2.45, 2.75) is 0 Å². The molecule has 0 aliphatic carbocycles. The lowest BCUT2D eigenvalue weighted by atomic mass is 10.4. The van der Waals surface area contributed by atoms with E-state index in [2.05, 4.69) is 60.7 Å². The zero-order chi connectivity index (χ0) is 22.4. The minimum absolute atomic E-state index is 0.0287. The van der Waals surface area contributed by atoms with Crippen LogP contribution in [0, 0.1) is 7.14 Å². The van der Waals surface area contributed by atoms with Crippen LogP contribution in [0.25, 0.3) is 0 Å². The Morgan fingerprint density at radius 1 is 0.643 bits per heavy atom. The SMILES string of the molecule is O=S(=O)(O)F.O=S(=O)(O)F.O=S(=O)([O-])F.c1ccc([I+]c2ccccc2)cc1. The molecule has 0 aliphatic rings. The number of hydrogen-bond donors (Lipinski definition) is 2. The van der Waals surface area contributed by atoms with Crippen molar-refractivity contribution in [1.29, 1.82) is 0 Å². The highest BCUT2D eigenvalue weighted by atomic mass is 127. The highest BCUT2D eigenvalue weighted by molar-refractivity contribution is 7.80. The summed E-state index contributed by atoms with van der Waals surface area (Å²) in [7, 11) is -15.7. The van der Waals surface area contributed by atoms with Crippen LogP contribution in [0.4, 0.5) is 11.7 Å². The van der Waals surface area contributed by atoms with Crippen molar-refractivity contribution < 1.29 is 71.8 Å². The summed E-state index contributed by atoms with van der Waals surface area (Å²) in [6, 6.07) is 21.4. The number of halogens is 4. The smallest absolute Gasteiger partial charge is 0.435 e. The highest BCUT2D eigenvalue weighted by Crippen LogP contribution is 1.85. The van der Waals surface area contributed by atoms with E-state index in [1.807, 2.05) is 0 Å². The Bertz CT molecular complexity index is 852. The summed E-state index contributed by atoms with van der Waals surface area (Å²) in [6.45, 7) is 0. The molecule has 2 rings (SSSR count). The second-order valence-corrected chi connectivity index (χ2v) is 9.37. The Balaban J connectivity index is 0. The third kappa shape index (κ3) is 39.7. The highest BCUT2D eigenvalue weighted by Gasteiger charge is 2.12. The molecule has 0 heterocycles. The Morgan fingerprint density at radius 2 is 0.821 bits per heavy atom. The third-order valence-corrected chi connectivity index (χ3v) is 4.37. The summed E-state index contributed by atoms with van der Waals surface area (Å²) in [5, 5.41) is 0. The van der Waals surface area contributed by atoms with Crippen molar-refractivity contribution in [1.82, 2.24) is 0 Å². The molecule has 28 heavy (non-hydrogen) atoms. The van der Waals surface area contributed by atoms with Crippen LogP contribution in [0.3, 0.4) is 0 Å². The van der Waals surface area contributed by atoms with Crippen molar-refractivity contribution in [2.24, 2.45) is 0 Å². The van der Waals surface area contributed by atoms with Gasteiger partial charge in [-0.05, 0) is 24.3 Å². The maximum atomic E-state index is 10.2. The largest absolute Gasteiger partial charge is 0.722 e. The van der Waals surface area contributed by atoms with E-state index in [1.54, 1.807) is 0 Å². The molecule has 0 atom stereocenters. The lowest BCUT2D eigenvalue weighted by molar-refractivity contribution is -0.597. The van der Waals surface area contributed by atoms with Gasteiger partial charge >= 0.3 is 42.2 Å². The molecule has 160 valence electrons. The zero-order valence-electron chi connectivity index (χ0n) is 13.3. The molecular weight excluding hydrogens is 568 g/mol. The molecule has 0 saturated carbocycles. The van der Waals surface area contributed by atoms with Crippen molar-refractivity contribution in [3.8, 4) is 0 Å². The third-order valence-electron chi connectivity index (χ3n) is 1.68. The van der Waals surface area contributed by atoms with E-state index in [0.717, 1.165) is 0 Å². The molecule has 2 aromatic carbocycles. The topological polar surface area (TPSA) is 166 Å². The summed E-state index contributed by atoms with van der Waals surface area (Å²) in [5.74, 6) is 0. The quantitative estimate of drug-likeness (QED) is 0.251. The van der Waals surface area contributed by atoms with Crippen LogP contribution in [-0.4, -0.2) is 38.9 Å². The van der Waals surface area contributed by atoms with Crippen molar-refractivity contribution >= 4 is 31.5 Å². The Hall–Kier alpha value is -1.31. The van der Waals surface area contributed by atoms with E-state index in [1.165, 1.54) is 7.14 Å². The normalized spacial score (nSPS) is 10.8. The lowest BCUT2D eigenvalue weighted by Crippen LogP contribution is -3.61.